The van der Waals surface area contributed by atoms with Crippen molar-refractivity contribution in [3.05, 3.63) is 64.9 Å². The van der Waals surface area contributed by atoms with E-state index in [0.29, 0.717) is 24.5 Å². The van der Waals surface area contributed by atoms with Gasteiger partial charge in [-0.3, -0.25) is 4.79 Å². The van der Waals surface area contributed by atoms with Gasteiger partial charge in [0.05, 0.1) is 32.5 Å². The fourth-order valence-corrected chi connectivity index (χ4v) is 3.04. The summed E-state index contributed by atoms with van der Waals surface area (Å²) in [5.74, 6) is 1.99. The fraction of sp³-hybridized carbons (Fsp3) is 0.316. The number of methoxy groups -OCH3 is 1. The maximum atomic E-state index is 12.4. The Balaban J connectivity index is 1.43. The second-order valence-electron chi connectivity index (χ2n) is 6.33. The molecule has 3 aromatic rings. The molecule has 1 aliphatic rings. The van der Waals surface area contributed by atoms with Crippen LogP contribution in [0.4, 0.5) is 0 Å². The summed E-state index contributed by atoms with van der Waals surface area (Å²) in [6.45, 7) is 2.93. The maximum Gasteiger partial charge on any atom is 0.274 e. The average Bonchev–Trinajstić information content (AvgIpc) is 3.31. The van der Waals surface area contributed by atoms with Crippen LogP contribution in [0, 0.1) is 6.92 Å². The Morgan fingerprint density at radius 1 is 1.30 bits per heavy atom. The van der Waals surface area contributed by atoms with Crippen molar-refractivity contribution < 1.29 is 18.7 Å². The van der Waals surface area contributed by atoms with Crippen molar-refractivity contribution in [2.75, 3.05) is 7.11 Å². The highest BCUT2D eigenvalue weighted by Gasteiger charge is 2.27. The van der Waals surface area contributed by atoms with E-state index in [2.05, 4.69) is 15.6 Å². The standard InChI is InChI=1S/C19H20N4O4/c1-12-3-6-15(27-12)9-20-19(24)18-16-11-26-17(10-23(16)22-21-18)13-4-7-14(25-2)8-5-13/h3-8,17H,9-11H2,1-2H3,(H,20,24)/t17-/m0/s1. The van der Waals surface area contributed by atoms with Crippen molar-refractivity contribution in [1.82, 2.24) is 20.3 Å². The van der Waals surface area contributed by atoms with Crippen LogP contribution in [0.1, 0.15) is 39.4 Å². The molecule has 0 unspecified atom stereocenters. The third kappa shape index (κ3) is 3.56. The highest BCUT2D eigenvalue weighted by molar-refractivity contribution is 5.93. The average molecular weight is 368 g/mol. The van der Waals surface area contributed by atoms with E-state index in [0.717, 1.165) is 17.1 Å². The van der Waals surface area contributed by atoms with Crippen molar-refractivity contribution in [2.24, 2.45) is 0 Å². The molecule has 1 atom stereocenters. The zero-order valence-electron chi connectivity index (χ0n) is 15.1. The Morgan fingerprint density at radius 3 is 2.81 bits per heavy atom. The number of hydrogen-bond donors (Lipinski definition) is 1. The first kappa shape index (κ1) is 17.3. The number of aromatic nitrogens is 3. The Kier molecular flexibility index (Phi) is 4.64. The van der Waals surface area contributed by atoms with Crippen LogP contribution < -0.4 is 10.1 Å². The van der Waals surface area contributed by atoms with Crippen molar-refractivity contribution in [3.8, 4) is 5.75 Å². The van der Waals surface area contributed by atoms with Crippen molar-refractivity contribution >= 4 is 5.91 Å². The number of carbonyl (C=O) groups excluding carboxylic acids is 1. The third-order valence-corrected chi connectivity index (χ3v) is 4.52. The first-order chi connectivity index (χ1) is 13.1. The van der Waals surface area contributed by atoms with Crippen LogP contribution in [-0.2, 0) is 24.4 Å². The summed E-state index contributed by atoms with van der Waals surface area (Å²) in [5.41, 5.74) is 1.98. The lowest BCUT2D eigenvalue weighted by atomic mass is 10.1. The number of ether oxygens (including phenoxy) is 2. The van der Waals surface area contributed by atoms with E-state index >= 15 is 0 Å². The SMILES string of the molecule is COc1ccc([C@@H]2Cn3nnc(C(=O)NCc4ccc(C)o4)c3CO2)cc1. The van der Waals surface area contributed by atoms with Gasteiger partial charge in [-0.15, -0.1) is 5.10 Å². The summed E-state index contributed by atoms with van der Waals surface area (Å²) in [6, 6.07) is 11.4. The molecule has 1 amide bonds. The predicted molar refractivity (Wildman–Crippen MR) is 95.2 cm³/mol. The Morgan fingerprint density at radius 2 is 2.11 bits per heavy atom. The predicted octanol–water partition coefficient (Wildman–Crippen LogP) is 2.39. The van der Waals surface area contributed by atoms with E-state index in [1.165, 1.54) is 0 Å². The molecule has 8 heteroatoms. The molecular formula is C19H20N4O4. The van der Waals surface area contributed by atoms with Gasteiger partial charge in [0, 0.05) is 0 Å². The van der Waals surface area contributed by atoms with Gasteiger partial charge in [0.25, 0.3) is 5.91 Å². The van der Waals surface area contributed by atoms with Crippen molar-refractivity contribution in [2.45, 2.75) is 32.7 Å². The lowest BCUT2D eigenvalue weighted by Gasteiger charge is -2.24. The largest absolute Gasteiger partial charge is 0.497 e. The van der Waals surface area contributed by atoms with E-state index < -0.39 is 0 Å². The lowest BCUT2D eigenvalue weighted by molar-refractivity contribution is -0.00179. The Bertz CT molecular complexity index is 945. The fourth-order valence-electron chi connectivity index (χ4n) is 3.04. The highest BCUT2D eigenvalue weighted by atomic mass is 16.5. The molecule has 1 aliphatic heterocycles. The van der Waals surface area contributed by atoms with Crippen LogP contribution in [0.5, 0.6) is 5.75 Å². The number of benzene rings is 1. The summed E-state index contributed by atoms with van der Waals surface area (Å²) < 4.78 is 18.3. The van der Waals surface area contributed by atoms with Crippen LogP contribution in [0.3, 0.4) is 0 Å². The van der Waals surface area contributed by atoms with E-state index in [1.54, 1.807) is 11.8 Å². The summed E-state index contributed by atoms with van der Waals surface area (Å²) in [6.07, 6.45) is -0.146. The minimum Gasteiger partial charge on any atom is -0.497 e. The molecule has 1 aromatic carbocycles. The zero-order valence-corrected chi connectivity index (χ0v) is 15.1. The smallest absolute Gasteiger partial charge is 0.274 e. The summed E-state index contributed by atoms with van der Waals surface area (Å²) >= 11 is 0. The Hall–Kier alpha value is -3.13. The van der Waals surface area contributed by atoms with E-state index in [9.17, 15) is 4.79 Å². The molecule has 0 saturated heterocycles. The number of aryl methyl sites for hydroxylation is 1. The van der Waals surface area contributed by atoms with Gasteiger partial charge in [0.1, 0.15) is 23.4 Å². The van der Waals surface area contributed by atoms with Gasteiger partial charge in [-0.2, -0.15) is 0 Å². The molecule has 0 saturated carbocycles. The van der Waals surface area contributed by atoms with E-state index in [-0.39, 0.29) is 24.3 Å². The Labute approximate surface area is 156 Å². The molecule has 0 fully saturated rings. The number of carbonyl (C=O) groups is 1. The van der Waals surface area contributed by atoms with Gasteiger partial charge in [-0.1, -0.05) is 17.3 Å². The number of fused-ring (bicyclic) bond motifs is 1. The minimum atomic E-state index is -0.295. The van der Waals surface area contributed by atoms with Gasteiger partial charge in [-0.25, -0.2) is 4.68 Å². The molecule has 140 valence electrons. The highest BCUT2D eigenvalue weighted by Crippen LogP contribution is 2.28. The normalized spacial score (nSPS) is 16.0. The number of rotatable bonds is 5. The van der Waals surface area contributed by atoms with Crippen LogP contribution in [0.2, 0.25) is 0 Å². The van der Waals surface area contributed by atoms with E-state index in [1.807, 2.05) is 43.3 Å². The zero-order chi connectivity index (χ0) is 18.8. The van der Waals surface area contributed by atoms with E-state index in [4.69, 9.17) is 13.9 Å². The molecule has 0 spiro atoms. The molecule has 0 aliphatic carbocycles. The summed E-state index contributed by atoms with van der Waals surface area (Å²) in [4.78, 5) is 12.4. The summed E-state index contributed by atoms with van der Waals surface area (Å²) in [5, 5.41) is 11.0. The maximum absolute atomic E-state index is 12.4. The number of amides is 1. The number of nitrogens with one attached hydrogen (secondary N) is 1. The van der Waals surface area contributed by atoms with Crippen LogP contribution >= 0.6 is 0 Å². The lowest BCUT2D eigenvalue weighted by Crippen LogP contribution is -2.27. The quantitative estimate of drug-likeness (QED) is 0.743. The molecule has 1 N–H and O–H groups in total. The van der Waals surface area contributed by atoms with Gasteiger partial charge in [0.15, 0.2) is 5.69 Å². The van der Waals surface area contributed by atoms with Crippen LogP contribution in [0.25, 0.3) is 0 Å². The number of hydrogen-bond acceptors (Lipinski definition) is 6. The topological polar surface area (TPSA) is 91.4 Å². The molecule has 0 bridgehead atoms. The molecule has 8 nitrogen and oxygen atoms in total. The molecule has 0 radical (unpaired) electrons. The van der Waals surface area contributed by atoms with Gasteiger partial charge >= 0.3 is 0 Å². The van der Waals surface area contributed by atoms with Crippen LogP contribution in [-0.4, -0.2) is 28.0 Å². The molecule has 27 heavy (non-hydrogen) atoms. The minimum absolute atomic E-state index is 0.146. The van der Waals surface area contributed by atoms with Gasteiger partial charge in [0.2, 0.25) is 0 Å². The number of furan rings is 1. The van der Waals surface area contributed by atoms with Gasteiger partial charge in [-0.05, 0) is 36.8 Å². The van der Waals surface area contributed by atoms with Crippen molar-refractivity contribution in [3.63, 3.8) is 0 Å². The molecule has 3 heterocycles. The first-order valence-electron chi connectivity index (χ1n) is 8.65. The first-order valence-corrected chi connectivity index (χ1v) is 8.65. The molecule has 2 aromatic heterocycles. The van der Waals surface area contributed by atoms with Gasteiger partial charge < -0.3 is 19.2 Å². The van der Waals surface area contributed by atoms with Crippen LogP contribution in [0.15, 0.2) is 40.8 Å². The second kappa shape index (κ2) is 7.24. The molecular weight excluding hydrogens is 348 g/mol. The third-order valence-electron chi connectivity index (χ3n) is 4.52. The summed E-state index contributed by atoms with van der Waals surface area (Å²) in [7, 11) is 1.63. The number of nitrogens with zero attached hydrogens (tertiary/aromatic N) is 3. The molecule has 4 rings (SSSR count). The second-order valence-corrected chi connectivity index (χ2v) is 6.33. The monoisotopic (exact) mass is 368 g/mol. The van der Waals surface area contributed by atoms with Crippen molar-refractivity contribution in [1.29, 1.82) is 0 Å².